The summed E-state index contributed by atoms with van der Waals surface area (Å²) in [5, 5.41) is 4.62. The van der Waals surface area contributed by atoms with Crippen LogP contribution in [0.15, 0.2) is 0 Å². The van der Waals surface area contributed by atoms with E-state index in [4.69, 9.17) is 18.0 Å². The van der Waals surface area contributed by atoms with Crippen molar-refractivity contribution < 1.29 is 0 Å². The minimum absolute atomic E-state index is 0.495. The van der Waals surface area contributed by atoms with Crippen molar-refractivity contribution in [1.29, 1.82) is 0 Å². The predicted molar refractivity (Wildman–Crippen MR) is 46.9 cm³/mol. The van der Waals surface area contributed by atoms with Gasteiger partial charge in [0.25, 0.3) is 0 Å². The number of terminal acetylenes is 1. The zero-order valence-corrected chi connectivity index (χ0v) is 7.30. The van der Waals surface area contributed by atoms with Crippen molar-refractivity contribution >= 4 is 11.6 Å². The first kappa shape index (κ1) is 7.70. The van der Waals surface area contributed by atoms with Crippen LogP contribution in [0.3, 0.4) is 0 Å². The third-order valence-corrected chi connectivity index (χ3v) is 2.26. The van der Waals surface area contributed by atoms with E-state index in [-0.39, 0.29) is 0 Å². The number of nitrogens with zero attached hydrogens (tertiary/aromatic N) is 2. The molecule has 0 saturated heterocycles. The third kappa shape index (κ3) is 1.21. The normalized spacial score (nSPS) is 16.0. The summed E-state index contributed by atoms with van der Waals surface area (Å²) in [5.41, 5.74) is 1.06. The van der Waals surface area contributed by atoms with E-state index in [0.717, 1.165) is 5.69 Å². The zero-order chi connectivity index (χ0) is 8.55. The maximum absolute atomic E-state index is 5.91. The van der Waals surface area contributed by atoms with Gasteiger partial charge in [0.1, 0.15) is 12.7 Å². The second kappa shape index (κ2) is 2.84. The molecule has 1 fully saturated rings. The van der Waals surface area contributed by atoms with Gasteiger partial charge in [0.05, 0.1) is 10.7 Å². The van der Waals surface area contributed by atoms with Gasteiger partial charge in [0.15, 0.2) is 0 Å². The molecule has 61 valence electrons. The van der Waals surface area contributed by atoms with E-state index < -0.39 is 0 Å². The predicted octanol–water partition coefficient (Wildman–Crippen LogP) is 1.85. The molecule has 2 nitrogen and oxygen atoms in total. The Balaban J connectivity index is 2.34. The molecule has 1 saturated carbocycles. The van der Waals surface area contributed by atoms with Crippen LogP contribution in [0.4, 0.5) is 0 Å². The second-order valence-corrected chi connectivity index (χ2v) is 3.33. The van der Waals surface area contributed by atoms with E-state index in [2.05, 4.69) is 17.2 Å². The van der Waals surface area contributed by atoms with Gasteiger partial charge in [-0.05, 0) is 12.8 Å². The lowest BCUT2D eigenvalue weighted by Gasteiger charge is -2.01. The summed E-state index contributed by atoms with van der Waals surface area (Å²) in [6.07, 6.45) is 10.3. The molecule has 1 aliphatic rings. The standard InChI is InChI=1S/C9H8ClN2/c1-2-5-12-9(7-3-4-7)8(10)6-11-12/h1,7H,3-5H2. The molecule has 0 N–H and O–H groups in total. The van der Waals surface area contributed by atoms with Gasteiger partial charge in [0.2, 0.25) is 0 Å². The molecule has 0 spiro atoms. The Morgan fingerprint density at radius 2 is 2.50 bits per heavy atom. The van der Waals surface area contributed by atoms with Gasteiger partial charge < -0.3 is 0 Å². The van der Waals surface area contributed by atoms with Crippen LogP contribution in [-0.2, 0) is 6.54 Å². The third-order valence-electron chi connectivity index (χ3n) is 1.98. The fraction of sp³-hybridized carbons (Fsp3) is 0.444. The van der Waals surface area contributed by atoms with Crippen LogP contribution < -0.4 is 0 Å². The molecule has 2 rings (SSSR count). The van der Waals surface area contributed by atoms with E-state index >= 15 is 0 Å². The van der Waals surface area contributed by atoms with Gasteiger partial charge >= 0.3 is 0 Å². The van der Waals surface area contributed by atoms with Crippen LogP contribution in [0, 0.1) is 18.5 Å². The van der Waals surface area contributed by atoms with Crippen molar-refractivity contribution in [2.75, 3.05) is 0 Å². The number of hydrogen-bond donors (Lipinski definition) is 0. The summed E-state index contributed by atoms with van der Waals surface area (Å²) in [6.45, 7) is 0.495. The molecular formula is C9H8ClN2. The van der Waals surface area contributed by atoms with Crippen molar-refractivity contribution in [3.8, 4) is 12.3 Å². The summed E-state index contributed by atoms with van der Waals surface area (Å²) >= 11 is 5.91. The first-order valence-corrected chi connectivity index (χ1v) is 4.28. The van der Waals surface area contributed by atoms with Crippen molar-refractivity contribution in [3.05, 3.63) is 16.9 Å². The van der Waals surface area contributed by atoms with E-state index in [9.17, 15) is 0 Å². The minimum atomic E-state index is 0.495. The highest BCUT2D eigenvalue weighted by molar-refractivity contribution is 6.31. The highest BCUT2D eigenvalue weighted by Gasteiger charge is 2.29. The van der Waals surface area contributed by atoms with Crippen molar-refractivity contribution in [1.82, 2.24) is 9.78 Å². The van der Waals surface area contributed by atoms with E-state index in [1.54, 1.807) is 4.68 Å². The second-order valence-electron chi connectivity index (χ2n) is 2.95. The average molecular weight is 180 g/mol. The Kier molecular flexibility index (Phi) is 1.82. The molecule has 0 amide bonds. The topological polar surface area (TPSA) is 17.8 Å². The Hall–Kier alpha value is -0.940. The van der Waals surface area contributed by atoms with E-state index in [1.807, 2.05) is 0 Å². The van der Waals surface area contributed by atoms with Crippen molar-refractivity contribution in [2.45, 2.75) is 25.3 Å². The minimum Gasteiger partial charge on any atom is -0.255 e. The molecule has 1 aromatic rings. The molecule has 1 aromatic heterocycles. The SMILES string of the molecule is C#CCn1n[c]c(Cl)c1C1CC1. The number of aromatic nitrogens is 2. The van der Waals surface area contributed by atoms with Crippen LogP contribution in [0.25, 0.3) is 0 Å². The van der Waals surface area contributed by atoms with Crippen LogP contribution in [0.2, 0.25) is 5.02 Å². The van der Waals surface area contributed by atoms with Gasteiger partial charge in [-0.1, -0.05) is 17.5 Å². The summed E-state index contributed by atoms with van der Waals surface area (Å²) < 4.78 is 1.76. The maximum atomic E-state index is 5.91. The fourth-order valence-electron chi connectivity index (χ4n) is 1.28. The molecule has 1 heterocycles. The zero-order valence-electron chi connectivity index (χ0n) is 6.55. The fourth-order valence-corrected chi connectivity index (χ4v) is 1.57. The Labute approximate surface area is 76.5 Å². The Bertz CT molecular complexity index is 331. The van der Waals surface area contributed by atoms with Gasteiger partial charge in [0, 0.05) is 5.92 Å². The van der Waals surface area contributed by atoms with E-state index in [1.165, 1.54) is 12.8 Å². The van der Waals surface area contributed by atoms with Gasteiger partial charge in [-0.2, -0.15) is 5.10 Å². The molecule has 0 unspecified atom stereocenters. The smallest absolute Gasteiger partial charge is 0.133 e. The number of hydrogen-bond acceptors (Lipinski definition) is 1. The average Bonchev–Trinajstić information content (AvgIpc) is 2.80. The quantitative estimate of drug-likeness (QED) is 0.634. The summed E-state index contributed by atoms with van der Waals surface area (Å²) in [7, 11) is 0. The molecule has 0 atom stereocenters. The van der Waals surface area contributed by atoms with Crippen LogP contribution in [-0.4, -0.2) is 9.78 Å². The lowest BCUT2D eigenvalue weighted by Crippen LogP contribution is -2.02. The number of rotatable bonds is 2. The lowest BCUT2D eigenvalue weighted by atomic mass is 10.3. The van der Waals surface area contributed by atoms with Crippen molar-refractivity contribution in [2.24, 2.45) is 0 Å². The summed E-state index contributed by atoms with van der Waals surface area (Å²) in [4.78, 5) is 0. The van der Waals surface area contributed by atoms with Crippen LogP contribution in [0.5, 0.6) is 0 Å². The largest absolute Gasteiger partial charge is 0.255 e. The van der Waals surface area contributed by atoms with Crippen molar-refractivity contribution in [3.63, 3.8) is 0 Å². The summed E-state index contributed by atoms with van der Waals surface area (Å²) in [5.74, 6) is 3.12. The molecule has 12 heavy (non-hydrogen) atoms. The van der Waals surface area contributed by atoms with E-state index in [0.29, 0.717) is 17.5 Å². The first-order valence-electron chi connectivity index (χ1n) is 3.90. The highest BCUT2D eigenvalue weighted by Crippen LogP contribution is 2.42. The first-order chi connectivity index (χ1) is 5.83. The molecule has 0 aliphatic heterocycles. The number of halogens is 1. The van der Waals surface area contributed by atoms with Gasteiger partial charge in [-0.3, -0.25) is 4.68 Å². The molecule has 1 aliphatic carbocycles. The molecular weight excluding hydrogens is 172 g/mol. The monoisotopic (exact) mass is 179 g/mol. The molecule has 0 bridgehead atoms. The van der Waals surface area contributed by atoms with Gasteiger partial charge in [-0.25, -0.2) is 0 Å². The Morgan fingerprint density at radius 1 is 1.75 bits per heavy atom. The molecule has 1 radical (unpaired) electrons. The van der Waals surface area contributed by atoms with Crippen LogP contribution in [0.1, 0.15) is 24.5 Å². The molecule has 3 heteroatoms. The highest BCUT2D eigenvalue weighted by atomic mass is 35.5. The maximum Gasteiger partial charge on any atom is 0.133 e. The van der Waals surface area contributed by atoms with Crippen LogP contribution >= 0.6 is 11.6 Å². The lowest BCUT2D eigenvalue weighted by molar-refractivity contribution is 0.669. The van der Waals surface area contributed by atoms with Gasteiger partial charge in [-0.15, -0.1) is 6.42 Å². The summed E-state index contributed by atoms with van der Waals surface area (Å²) in [6, 6.07) is 0. The molecule has 0 aromatic carbocycles. The Morgan fingerprint density at radius 3 is 3.08 bits per heavy atom.